The fourth-order valence-corrected chi connectivity index (χ4v) is 3.25. The molecule has 0 spiro atoms. The van der Waals surface area contributed by atoms with Crippen molar-refractivity contribution in [1.29, 1.82) is 0 Å². The van der Waals surface area contributed by atoms with Gasteiger partial charge < -0.3 is 0 Å². The summed E-state index contributed by atoms with van der Waals surface area (Å²) < 4.78 is 26.7. The molecule has 22 heavy (non-hydrogen) atoms. The van der Waals surface area contributed by atoms with Crippen LogP contribution in [-0.4, -0.2) is 10.7 Å². The minimum absolute atomic E-state index is 0.296. The number of hydrogen-bond donors (Lipinski definition) is 1. The zero-order chi connectivity index (χ0) is 15.5. The molecule has 1 fully saturated rings. The zero-order valence-electron chi connectivity index (χ0n) is 12.3. The summed E-state index contributed by atoms with van der Waals surface area (Å²) in [4.78, 5) is 4.32. The maximum Gasteiger partial charge on any atom is 0.203 e. The van der Waals surface area contributed by atoms with Crippen molar-refractivity contribution in [1.82, 2.24) is 4.98 Å². The van der Waals surface area contributed by atoms with Crippen LogP contribution in [0.3, 0.4) is 0 Å². The van der Waals surface area contributed by atoms with E-state index in [1.807, 2.05) is 0 Å². The van der Waals surface area contributed by atoms with Gasteiger partial charge in [0, 0.05) is 22.7 Å². The molecule has 1 heterocycles. The van der Waals surface area contributed by atoms with E-state index < -0.39 is 11.6 Å². The van der Waals surface area contributed by atoms with Crippen LogP contribution >= 0.6 is 11.3 Å². The summed E-state index contributed by atoms with van der Waals surface area (Å²) in [6.45, 7) is 2.18. The van der Waals surface area contributed by atoms with Crippen LogP contribution in [0.2, 0.25) is 0 Å². The van der Waals surface area contributed by atoms with Crippen molar-refractivity contribution in [2.75, 3.05) is 5.43 Å². The molecule has 1 aliphatic rings. The first-order chi connectivity index (χ1) is 10.6. The monoisotopic (exact) mass is 321 g/mol. The van der Waals surface area contributed by atoms with Crippen LogP contribution in [-0.2, 0) is 0 Å². The molecule has 0 aliphatic heterocycles. The van der Waals surface area contributed by atoms with Gasteiger partial charge >= 0.3 is 0 Å². The molecule has 1 N–H and O–H groups in total. The molecule has 3 rings (SSSR count). The third kappa shape index (κ3) is 3.32. The lowest BCUT2D eigenvalue weighted by molar-refractivity contribution is 0.558. The van der Waals surface area contributed by atoms with E-state index in [9.17, 15) is 8.78 Å². The van der Waals surface area contributed by atoms with Crippen LogP contribution < -0.4 is 5.43 Å². The first kappa shape index (κ1) is 15.1. The summed E-state index contributed by atoms with van der Waals surface area (Å²) in [6, 6.07) is 3.50. The van der Waals surface area contributed by atoms with Gasteiger partial charge in [-0.3, -0.25) is 5.43 Å². The number of thiazole rings is 1. The Balaban J connectivity index is 1.75. The van der Waals surface area contributed by atoms with Gasteiger partial charge in [0.25, 0.3) is 0 Å². The van der Waals surface area contributed by atoms with Crippen molar-refractivity contribution in [3.63, 3.8) is 0 Å². The van der Waals surface area contributed by atoms with E-state index in [0.717, 1.165) is 18.2 Å². The Labute approximate surface area is 132 Å². The fraction of sp³-hybridized carbons (Fsp3) is 0.375. The SMILES string of the molecule is C[C@H]1CCCC/C1=N\Nc1nc(-c2ccc(F)cc2F)cs1. The number of halogens is 2. The van der Waals surface area contributed by atoms with Crippen molar-refractivity contribution in [3.8, 4) is 11.3 Å². The molecule has 2 aromatic rings. The topological polar surface area (TPSA) is 37.3 Å². The summed E-state index contributed by atoms with van der Waals surface area (Å²) in [7, 11) is 0. The van der Waals surface area contributed by atoms with Gasteiger partial charge in [0.1, 0.15) is 11.6 Å². The average Bonchev–Trinajstić information content (AvgIpc) is 2.95. The maximum absolute atomic E-state index is 13.7. The lowest BCUT2D eigenvalue weighted by Gasteiger charge is -2.19. The number of anilines is 1. The minimum atomic E-state index is -0.607. The van der Waals surface area contributed by atoms with Crippen LogP contribution in [0.1, 0.15) is 32.6 Å². The molecule has 116 valence electrons. The van der Waals surface area contributed by atoms with Crippen LogP contribution in [0.4, 0.5) is 13.9 Å². The summed E-state index contributed by atoms with van der Waals surface area (Å²) in [5, 5.41) is 6.79. The Morgan fingerprint density at radius 1 is 1.32 bits per heavy atom. The molecule has 6 heteroatoms. The number of hydrazone groups is 1. The second kappa shape index (κ2) is 6.52. The summed E-state index contributed by atoms with van der Waals surface area (Å²) >= 11 is 1.36. The molecule has 0 amide bonds. The van der Waals surface area contributed by atoms with Gasteiger partial charge in [-0.2, -0.15) is 5.10 Å². The van der Waals surface area contributed by atoms with Gasteiger partial charge in [-0.15, -0.1) is 11.3 Å². The Bertz CT molecular complexity index is 696. The van der Waals surface area contributed by atoms with Crippen LogP contribution in [0.5, 0.6) is 0 Å². The number of rotatable bonds is 3. The highest BCUT2D eigenvalue weighted by atomic mass is 32.1. The quantitative estimate of drug-likeness (QED) is 0.802. The normalized spacial score (nSPS) is 20.3. The summed E-state index contributed by atoms with van der Waals surface area (Å²) in [5.41, 5.74) is 4.91. The van der Waals surface area contributed by atoms with Crippen molar-refractivity contribution in [2.45, 2.75) is 32.6 Å². The van der Waals surface area contributed by atoms with Gasteiger partial charge in [0.2, 0.25) is 5.13 Å². The van der Waals surface area contributed by atoms with E-state index in [4.69, 9.17) is 0 Å². The Kier molecular flexibility index (Phi) is 4.47. The van der Waals surface area contributed by atoms with Crippen molar-refractivity contribution in [2.24, 2.45) is 11.0 Å². The van der Waals surface area contributed by atoms with E-state index in [1.165, 1.54) is 42.7 Å². The second-order valence-electron chi connectivity index (χ2n) is 5.52. The van der Waals surface area contributed by atoms with Crippen molar-refractivity contribution < 1.29 is 8.78 Å². The third-order valence-electron chi connectivity index (χ3n) is 3.90. The van der Waals surface area contributed by atoms with E-state index in [0.29, 0.717) is 22.3 Å². The largest absolute Gasteiger partial charge is 0.253 e. The lowest BCUT2D eigenvalue weighted by Crippen LogP contribution is -2.17. The smallest absolute Gasteiger partial charge is 0.203 e. The molecular formula is C16H17F2N3S. The van der Waals surface area contributed by atoms with Crippen LogP contribution in [0.25, 0.3) is 11.3 Å². The highest BCUT2D eigenvalue weighted by molar-refractivity contribution is 7.14. The predicted octanol–water partition coefficient (Wildman–Crippen LogP) is 5.07. The van der Waals surface area contributed by atoms with E-state index in [1.54, 1.807) is 5.38 Å². The molecule has 0 unspecified atom stereocenters. The highest BCUT2D eigenvalue weighted by Gasteiger charge is 2.16. The molecule has 1 atom stereocenters. The Hall–Kier alpha value is -1.82. The summed E-state index contributed by atoms with van der Waals surface area (Å²) in [6.07, 6.45) is 4.61. The molecule has 0 radical (unpaired) electrons. The van der Waals surface area contributed by atoms with E-state index >= 15 is 0 Å². The minimum Gasteiger partial charge on any atom is -0.253 e. The number of aromatic nitrogens is 1. The molecule has 1 saturated carbocycles. The number of nitrogens with one attached hydrogen (secondary N) is 1. The predicted molar refractivity (Wildman–Crippen MR) is 86.2 cm³/mol. The zero-order valence-corrected chi connectivity index (χ0v) is 13.1. The first-order valence-corrected chi connectivity index (χ1v) is 8.25. The van der Waals surface area contributed by atoms with Gasteiger partial charge in [-0.25, -0.2) is 13.8 Å². The van der Waals surface area contributed by atoms with Gasteiger partial charge in [-0.1, -0.05) is 13.3 Å². The van der Waals surface area contributed by atoms with Gasteiger partial charge in [-0.05, 0) is 37.3 Å². The molecule has 0 bridgehead atoms. The Morgan fingerprint density at radius 2 is 2.18 bits per heavy atom. The third-order valence-corrected chi connectivity index (χ3v) is 4.64. The average molecular weight is 321 g/mol. The number of benzene rings is 1. The van der Waals surface area contributed by atoms with Crippen LogP contribution in [0.15, 0.2) is 28.7 Å². The summed E-state index contributed by atoms with van der Waals surface area (Å²) in [5.74, 6) is -0.702. The van der Waals surface area contributed by atoms with Gasteiger partial charge in [0.15, 0.2) is 0 Å². The Morgan fingerprint density at radius 3 is 2.95 bits per heavy atom. The fourth-order valence-electron chi connectivity index (χ4n) is 2.60. The standard InChI is InChI=1S/C16H17F2N3S/c1-10-4-2-3-5-14(10)20-21-16-19-15(9-22-16)12-7-6-11(17)8-13(12)18/h6-10H,2-5H2,1H3,(H,19,21)/b20-14+/t10-/m0/s1. The van der Waals surface area contributed by atoms with Gasteiger partial charge in [0.05, 0.1) is 5.69 Å². The molecule has 0 saturated heterocycles. The molecule has 1 aliphatic carbocycles. The van der Waals surface area contributed by atoms with Crippen molar-refractivity contribution >= 4 is 22.2 Å². The van der Waals surface area contributed by atoms with Crippen molar-refractivity contribution in [3.05, 3.63) is 35.2 Å². The first-order valence-electron chi connectivity index (χ1n) is 7.37. The molecule has 3 nitrogen and oxygen atoms in total. The van der Waals surface area contributed by atoms with E-state index in [2.05, 4.69) is 22.4 Å². The van der Waals surface area contributed by atoms with E-state index in [-0.39, 0.29) is 0 Å². The number of nitrogens with zero attached hydrogens (tertiary/aromatic N) is 2. The highest BCUT2D eigenvalue weighted by Crippen LogP contribution is 2.28. The lowest BCUT2D eigenvalue weighted by atomic mass is 9.89. The number of hydrogen-bond acceptors (Lipinski definition) is 4. The maximum atomic E-state index is 13.7. The van der Waals surface area contributed by atoms with Crippen LogP contribution in [0, 0.1) is 17.6 Å². The molecule has 1 aromatic heterocycles. The molecule has 1 aromatic carbocycles. The second-order valence-corrected chi connectivity index (χ2v) is 6.38. The molecular weight excluding hydrogens is 304 g/mol.